The lowest BCUT2D eigenvalue weighted by Gasteiger charge is -2.31. The summed E-state index contributed by atoms with van der Waals surface area (Å²) in [5.74, 6) is 0. The minimum Gasteiger partial charge on any atom is -0.377 e. The fourth-order valence-corrected chi connectivity index (χ4v) is 2.60. The molecule has 100 valence electrons. The van der Waals surface area contributed by atoms with Crippen molar-refractivity contribution in [1.82, 2.24) is 9.88 Å². The third-order valence-electron chi connectivity index (χ3n) is 3.14. The van der Waals surface area contributed by atoms with Gasteiger partial charge in [0.2, 0.25) is 0 Å². The number of ether oxygens (including phenoxy) is 1. The van der Waals surface area contributed by atoms with E-state index in [2.05, 4.69) is 47.8 Å². The Kier molecular flexibility index (Phi) is 6.08. The third-order valence-corrected chi connectivity index (χ3v) is 3.93. The van der Waals surface area contributed by atoms with Crippen LogP contribution in [0.15, 0.2) is 22.8 Å². The fraction of sp³-hybridized carbons (Fsp3) is 0.615. The van der Waals surface area contributed by atoms with Gasteiger partial charge in [-0.1, -0.05) is 15.9 Å². The first-order valence-electron chi connectivity index (χ1n) is 6.28. The minimum atomic E-state index is 0.441. The molecule has 0 aliphatic carbocycles. The lowest BCUT2D eigenvalue weighted by Crippen LogP contribution is -2.36. The first-order chi connectivity index (χ1) is 8.78. The monoisotopic (exact) mass is 376 g/mol. The van der Waals surface area contributed by atoms with Crippen LogP contribution in [-0.2, 0) is 11.3 Å². The maximum atomic E-state index is 5.75. The van der Waals surface area contributed by atoms with Crippen molar-refractivity contribution < 1.29 is 4.74 Å². The van der Waals surface area contributed by atoms with Crippen molar-refractivity contribution in [3.8, 4) is 0 Å². The second-order valence-electron chi connectivity index (χ2n) is 4.50. The van der Waals surface area contributed by atoms with Gasteiger partial charge in [-0.3, -0.25) is 9.88 Å². The number of nitrogens with zero attached hydrogens (tertiary/aromatic N) is 2. The molecule has 2 rings (SSSR count). The van der Waals surface area contributed by atoms with Gasteiger partial charge in [-0.25, -0.2) is 0 Å². The maximum absolute atomic E-state index is 5.75. The zero-order valence-corrected chi connectivity index (χ0v) is 13.5. The average molecular weight is 378 g/mol. The summed E-state index contributed by atoms with van der Waals surface area (Å²) < 4.78 is 6.79. The van der Waals surface area contributed by atoms with Crippen LogP contribution >= 0.6 is 31.9 Å². The van der Waals surface area contributed by atoms with E-state index in [9.17, 15) is 0 Å². The lowest BCUT2D eigenvalue weighted by atomic mass is 10.1. The molecular weight excluding hydrogens is 360 g/mol. The van der Waals surface area contributed by atoms with E-state index in [4.69, 9.17) is 4.74 Å². The van der Waals surface area contributed by atoms with Crippen molar-refractivity contribution in [3.63, 3.8) is 0 Å². The van der Waals surface area contributed by atoms with E-state index in [-0.39, 0.29) is 0 Å². The van der Waals surface area contributed by atoms with Crippen LogP contribution in [0.4, 0.5) is 0 Å². The van der Waals surface area contributed by atoms with Gasteiger partial charge in [-0.2, -0.15) is 0 Å². The van der Waals surface area contributed by atoms with Gasteiger partial charge in [0.1, 0.15) is 0 Å². The Balaban J connectivity index is 1.74. The molecule has 3 nitrogen and oxygen atoms in total. The van der Waals surface area contributed by atoms with Crippen molar-refractivity contribution in [2.24, 2.45) is 0 Å². The molecule has 18 heavy (non-hydrogen) atoms. The quantitative estimate of drug-likeness (QED) is 0.736. The summed E-state index contributed by atoms with van der Waals surface area (Å²) in [5.41, 5.74) is 1.14. The second kappa shape index (κ2) is 7.58. The fourth-order valence-electron chi connectivity index (χ4n) is 2.17. The number of hydrogen-bond donors (Lipinski definition) is 0. The minimum absolute atomic E-state index is 0.441. The highest BCUT2D eigenvalue weighted by atomic mass is 79.9. The molecule has 0 saturated carbocycles. The van der Waals surface area contributed by atoms with Crippen LogP contribution in [0.5, 0.6) is 0 Å². The van der Waals surface area contributed by atoms with Crippen LogP contribution in [0.25, 0.3) is 0 Å². The Morgan fingerprint density at radius 3 is 2.72 bits per heavy atom. The molecule has 0 aromatic carbocycles. The molecule has 0 unspecified atom stereocenters. The molecule has 1 fully saturated rings. The van der Waals surface area contributed by atoms with Crippen LogP contribution < -0.4 is 0 Å². The van der Waals surface area contributed by atoms with Crippen LogP contribution in [-0.4, -0.2) is 41.0 Å². The third kappa shape index (κ3) is 4.61. The molecule has 1 aromatic rings. The van der Waals surface area contributed by atoms with Crippen LogP contribution in [0, 0.1) is 0 Å². The standard InChI is InChI=1S/C13H18Br2N2O/c14-5-8-18-13-3-6-17(7-4-13)10-12-2-1-11(15)9-16-12/h1-2,9,13H,3-8,10H2. The van der Waals surface area contributed by atoms with E-state index in [0.29, 0.717) is 6.10 Å². The van der Waals surface area contributed by atoms with Gasteiger partial charge in [0.25, 0.3) is 0 Å². The van der Waals surface area contributed by atoms with Crippen molar-refractivity contribution in [1.29, 1.82) is 0 Å². The van der Waals surface area contributed by atoms with Gasteiger partial charge < -0.3 is 4.74 Å². The summed E-state index contributed by atoms with van der Waals surface area (Å²) in [4.78, 5) is 6.86. The molecule has 0 amide bonds. The van der Waals surface area contributed by atoms with Gasteiger partial charge in [0.15, 0.2) is 0 Å². The highest BCUT2D eigenvalue weighted by Crippen LogP contribution is 2.16. The Hall–Kier alpha value is 0.0300. The molecule has 0 N–H and O–H groups in total. The molecule has 1 aliphatic heterocycles. The predicted octanol–water partition coefficient (Wildman–Crippen LogP) is 3.22. The molecule has 2 heterocycles. The Labute approximate surface area is 125 Å². The molecular formula is C13H18Br2N2O. The van der Waals surface area contributed by atoms with Crippen LogP contribution in [0.1, 0.15) is 18.5 Å². The summed E-state index contributed by atoms with van der Waals surface area (Å²) in [5, 5.41) is 0.927. The van der Waals surface area contributed by atoms with E-state index in [1.165, 1.54) is 0 Å². The summed E-state index contributed by atoms with van der Waals surface area (Å²) in [7, 11) is 0. The number of likely N-dealkylation sites (tertiary alicyclic amines) is 1. The van der Waals surface area contributed by atoms with Gasteiger partial charge >= 0.3 is 0 Å². The molecule has 1 saturated heterocycles. The highest BCUT2D eigenvalue weighted by Gasteiger charge is 2.19. The lowest BCUT2D eigenvalue weighted by molar-refractivity contribution is 0.0139. The zero-order chi connectivity index (χ0) is 12.8. The van der Waals surface area contributed by atoms with Gasteiger partial charge in [0, 0.05) is 35.6 Å². The molecule has 5 heteroatoms. The molecule has 0 spiro atoms. The Morgan fingerprint density at radius 1 is 1.33 bits per heavy atom. The summed E-state index contributed by atoms with van der Waals surface area (Å²) in [6, 6.07) is 4.13. The number of aromatic nitrogens is 1. The molecule has 0 bridgehead atoms. The Bertz CT molecular complexity index is 351. The SMILES string of the molecule is BrCCOC1CCN(Cc2ccc(Br)cn2)CC1. The number of halogens is 2. The van der Waals surface area contributed by atoms with Crippen molar-refractivity contribution in [3.05, 3.63) is 28.5 Å². The predicted molar refractivity (Wildman–Crippen MR) is 80.0 cm³/mol. The molecule has 0 radical (unpaired) electrons. The van der Waals surface area contributed by atoms with Crippen LogP contribution in [0.3, 0.4) is 0 Å². The van der Waals surface area contributed by atoms with E-state index in [1.54, 1.807) is 0 Å². The number of alkyl halides is 1. The summed E-state index contributed by atoms with van der Waals surface area (Å²) in [6.07, 6.45) is 4.56. The smallest absolute Gasteiger partial charge is 0.0599 e. The normalized spacial score (nSPS) is 18.1. The average Bonchev–Trinajstić information content (AvgIpc) is 2.41. The van der Waals surface area contributed by atoms with Gasteiger partial charge in [-0.15, -0.1) is 0 Å². The number of hydrogen-bond acceptors (Lipinski definition) is 3. The number of piperidine rings is 1. The largest absolute Gasteiger partial charge is 0.377 e. The first-order valence-corrected chi connectivity index (χ1v) is 8.19. The van der Waals surface area contributed by atoms with E-state index >= 15 is 0 Å². The molecule has 1 aliphatic rings. The van der Waals surface area contributed by atoms with Gasteiger partial charge in [0.05, 0.1) is 18.4 Å². The number of rotatable bonds is 5. The molecule has 0 atom stereocenters. The van der Waals surface area contributed by atoms with Gasteiger partial charge in [-0.05, 0) is 40.9 Å². The van der Waals surface area contributed by atoms with E-state index in [1.807, 2.05) is 12.3 Å². The van der Waals surface area contributed by atoms with Crippen molar-refractivity contribution in [2.45, 2.75) is 25.5 Å². The first kappa shape index (κ1) is 14.4. The van der Waals surface area contributed by atoms with Crippen molar-refractivity contribution in [2.75, 3.05) is 25.0 Å². The zero-order valence-electron chi connectivity index (χ0n) is 10.3. The van der Waals surface area contributed by atoms with E-state index in [0.717, 1.165) is 54.6 Å². The molecule has 1 aromatic heterocycles. The topological polar surface area (TPSA) is 25.4 Å². The second-order valence-corrected chi connectivity index (χ2v) is 6.21. The number of pyridine rings is 1. The highest BCUT2D eigenvalue weighted by molar-refractivity contribution is 9.10. The summed E-state index contributed by atoms with van der Waals surface area (Å²) >= 11 is 6.80. The summed E-state index contributed by atoms with van der Waals surface area (Å²) in [6.45, 7) is 3.97. The maximum Gasteiger partial charge on any atom is 0.0599 e. The van der Waals surface area contributed by atoms with Crippen molar-refractivity contribution >= 4 is 31.9 Å². The Morgan fingerprint density at radius 2 is 2.11 bits per heavy atom. The van der Waals surface area contributed by atoms with Crippen LogP contribution in [0.2, 0.25) is 0 Å². The van der Waals surface area contributed by atoms with E-state index < -0.39 is 0 Å².